The van der Waals surface area contributed by atoms with Gasteiger partial charge in [0, 0.05) is 17.4 Å². The van der Waals surface area contributed by atoms with Crippen LogP contribution >= 0.6 is 11.6 Å². The third-order valence-corrected chi connectivity index (χ3v) is 2.56. The van der Waals surface area contributed by atoms with Gasteiger partial charge in [0.25, 0.3) is 0 Å². The van der Waals surface area contributed by atoms with Gasteiger partial charge in [-0.15, -0.1) is 0 Å². The molecule has 1 N–H and O–H groups in total. The third-order valence-electron chi connectivity index (χ3n) is 2.33. The Labute approximate surface area is 106 Å². The smallest absolute Gasteiger partial charge is 0.319 e. The van der Waals surface area contributed by atoms with Crippen LogP contribution in [0, 0.1) is 5.82 Å². The molecule has 0 amide bonds. The van der Waals surface area contributed by atoms with Gasteiger partial charge in [-0.2, -0.15) is 8.78 Å². The zero-order valence-electron chi connectivity index (χ0n) is 9.08. The zero-order valence-corrected chi connectivity index (χ0v) is 9.83. The molecule has 1 aromatic heterocycles. The van der Waals surface area contributed by atoms with Crippen molar-refractivity contribution in [2.45, 2.75) is 13.1 Å². The van der Waals surface area contributed by atoms with Gasteiger partial charge < -0.3 is 5.32 Å². The van der Waals surface area contributed by atoms with Gasteiger partial charge in [0.2, 0.25) is 0 Å². The van der Waals surface area contributed by atoms with Gasteiger partial charge in [-0.3, -0.25) is 4.57 Å². The molecular formula is C11H9ClF3N3. The van der Waals surface area contributed by atoms with Crippen LogP contribution in [0.4, 0.5) is 18.9 Å². The number of nitrogens with one attached hydrogen (secondary N) is 1. The van der Waals surface area contributed by atoms with Crippen LogP contribution in [0.2, 0.25) is 5.02 Å². The normalized spacial score (nSPS) is 10.9. The summed E-state index contributed by atoms with van der Waals surface area (Å²) in [4.78, 5) is 3.77. The van der Waals surface area contributed by atoms with E-state index in [0.29, 0.717) is 4.57 Å². The van der Waals surface area contributed by atoms with E-state index in [2.05, 4.69) is 10.3 Å². The fraction of sp³-hybridized carbons (Fsp3) is 0.182. The minimum atomic E-state index is -2.67. The maximum Gasteiger partial charge on any atom is 0.319 e. The third kappa shape index (κ3) is 2.76. The van der Waals surface area contributed by atoms with Gasteiger partial charge in [0.15, 0.2) is 0 Å². The van der Waals surface area contributed by atoms with Crippen LogP contribution in [0.3, 0.4) is 0 Å². The molecule has 0 spiro atoms. The molecule has 0 saturated carbocycles. The molecule has 0 radical (unpaired) electrons. The summed E-state index contributed by atoms with van der Waals surface area (Å²) in [6, 6.07) is 4.09. The number of aromatic nitrogens is 2. The lowest BCUT2D eigenvalue weighted by atomic mass is 10.3. The Bertz CT molecular complexity index is 542. The highest BCUT2D eigenvalue weighted by atomic mass is 35.5. The Morgan fingerprint density at radius 3 is 2.83 bits per heavy atom. The van der Waals surface area contributed by atoms with E-state index < -0.39 is 12.4 Å². The number of rotatable bonds is 4. The molecule has 2 rings (SSSR count). The first-order valence-electron chi connectivity index (χ1n) is 5.06. The number of benzene rings is 1. The van der Waals surface area contributed by atoms with Gasteiger partial charge >= 0.3 is 6.55 Å². The number of imidazole rings is 1. The molecule has 1 aromatic carbocycles. The fourth-order valence-corrected chi connectivity index (χ4v) is 1.62. The van der Waals surface area contributed by atoms with Crippen molar-refractivity contribution in [2.75, 3.05) is 5.32 Å². The Balaban J connectivity index is 2.09. The highest BCUT2D eigenvalue weighted by Crippen LogP contribution is 2.20. The van der Waals surface area contributed by atoms with Crippen molar-refractivity contribution in [3.05, 3.63) is 47.3 Å². The van der Waals surface area contributed by atoms with Crippen LogP contribution in [0.25, 0.3) is 0 Å². The first-order chi connectivity index (χ1) is 8.58. The van der Waals surface area contributed by atoms with Crippen LogP contribution in [0.1, 0.15) is 12.4 Å². The average Bonchev–Trinajstić information content (AvgIpc) is 2.76. The first kappa shape index (κ1) is 12.8. The van der Waals surface area contributed by atoms with Crippen molar-refractivity contribution in [3.63, 3.8) is 0 Å². The minimum Gasteiger partial charge on any atom is -0.375 e. The second-order valence-electron chi connectivity index (χ2n) is 3.51. The predicted molar refractivity (Wildman–Crippen MR) is 62.2 cm³/mol. The molecule has 0 aliphatic heterocycles. The van der Waals surface area contributed by atoms with E-state index in [1.807, 2.05) is 0 Å². The molecule has 0 fully saturated rings. The quantitative estimate of drug-likeness (QED) is 0.922. The van der Waals surface area contributed by atoms with Crippen molar-refractivity contribution < 1.29 is 13.2 Å². The largest absolute Gasteiger partial charge is 0.375 e. The van der Waals surface area contributed by atoms with Crippen molar-refractivity contribution in [3.8, 4) is 0 Å². The van der Waals surface area contributed by atoms with Crippen LogP contribution in [-0.2, 0) is 6.54 Å². The summed E-state index contributed by atoms with van der Waals surface area (Å²) >= 11 is 5.60. The summed E-state index contributed by atoms with van der Waals surface area (Å²) in [7, 11) is 0. The summed E-state index contributed by atoms with van der Waals surface area (Å²) in [6.07, 6.45) is 2.43. The molecule has 3 nitrogen and oxygen atoms in total. The molecule has 0 unspecified atom stereocenters. The highest BCUT2D eigenvalue weighted by Gasteiger charge is 2.11. The summed E-state index contributed by atoms with van der Waals surface area (Å²) < 4.78 is 39.2. The number of nitrogens with zero attached hydrogens (tertiary/aromatic N) is 2. The maximum absolute atomic E-state index is 13.4. The SMILES string of the molecule is Fc1cc(Cl)ccc1NCc1nccn1C(F)F. The highest BCUT2D eigenvalue weighted by molar-refractivity contribution is 6.30. The van der Waals surface area contributed by atoms with Gasteiger partial charge in [-0.25, -0.2) is 9.37 Å². The lowest BCUT2D eigenvalue weighted by molar-refractivity contribution is 0.0673. The number of hydrogen-bond donors (Lipinski definition) is 1. The maximum atomic E-state index is 13.4. The molecule has 1 heterocycles. The van der Waals surface area contributed by atoms with Crippen molar-refractivity contribution in [1.29, 1.82) is 0 Å². The summed E-state index contributed by atoms with van der Waals surface area (Å²) in [5.41, 5.74) is 0.184. The molecule has 18 heavy (non-hydrogen) atoms. The average molecular weight is 276 g/mol. The Hall–Kier alpha value is -1.69. The minimum absolute atomic E-state index is 0.00408. The number of halogens is 4. The molecular weight excluding hydrogens is 267 g/mol. The molecule has 0 saturated heterocycles. The van der Waals surface area contributed by atoms with E-state index in [4.69, 9.17) is 11.6 Å². The molecule has 0 aliphatic carbocycles. The molecule has 96 valence electrons. The van der Waals surface area contributed by atoms with Crippen molar-refractivity contribution in [2.24, 2.45) is 0 Å². The molecule has 0 atom stereocenters. The standard InChI is InChI=1S/C11H9ClF3N3/c12-7-1-2-9(8(13)5-7)17-6-10-16-3-4-18(10)11(14)15/h1-5,11,17H,6H2. The molecule has 7 heteroatoms. The second-order valence-corrected chi connectivity index (χ2v) is 3.94. The topological polar surface area (TPSA) is 29.9 Å². The number of alkyl halides is 2. The summed E-state index contributed by atoms with van der Waals surface area (Å²) in [5, 5.41) is 2.96. The van der Waals surface area contributed by atoms with Gasteiger partial charge in [-0.05, 0) is 18.2 Å². The van der Waals surface area contributed by atoms with E-state index in [1.54, 1.807) is 0 Å². The van der Waals surface area contributed by atoms with Crippen LogP contribution < -0.4 is 5.32 Å². The number of hydrogen-bond acceptors (Lipinski definition) is 2. The molecule has 0 bridgehead atoms. The van der Waals surface area contributed by atoms with Crippen LogP contribution in [-0.4, -0.2) is 9.55 Å². The van der Waals surface area contributed by atoms with Crippen LogP contribution in [0.15, 0.2) is 30.6 Å². The second kappa shape index (κ2) is 5.30. The van der Waals surface area contributed by atoms with Crippen molar-refractivity contribution >= 4 is 17.3 Å². The molecule has 0 aliphatic rings. The zero-order chi connectivity index (χ0) is 13.1. The lowest BCUT2D eigenvalue weighted by Crippen LogP contribution is -2.09. The predicted octanol–water partition coefficient (Wildman–Crippen LogP) is 3.68. The van der Waals surface area contributed by atoms with E-state index in [9.17, 15) is 13.2 Å². The van der Waals surface area contributed by atoms with Gasteiger partial charge in [0.1, 0.15) is 11.6 Å². The van der Waals surface area contributed by atoms with Crippen molar-refractivity contribution in [1.82, 2.24) is 9.55 Å². The first-order valence-corrected chi connectivity index (χ1v) is 5.44. The Kier molecular flexibility index (Phi) is 3.76. The Morgan fingerprint density at radius 2 is 2.17 bits per heavy atom. The summed E-state index contributed by atoms with van der Waals surface area (Å²) in [5.74, 6) is -0.419. The van der Waals surface area contributed by atoms with Gasteiger partial charge in [-0.1, -0.05) is 11.6 Å². The fourth-order valence-electron chi connectivity index (χ4n) is 1.47. The van der Waals surface area contributed by atoms with E-state index in [-0.39, 0.29) is 23.1 Å². The molecule has 2 aromatic rings. The monoisotopic (exact) mass is 275 g/mol. The number of anilines is 1. The van der Waals surface area contributed by atoms with Gasteiger partial charge in [0.05, 0.1) is 12.2 Å². The summed E-state index contributed by atoms with van der Waals surface area (Å²) in [6.45, 7) is -2.67. The lowest BCUT2D eigenvalue weighted by Gasteiger charge is -2.09. The van der Waals surface area contributed by atoms with E-state index in [1.165, 1.54) is 24.5 Å². The Morgan fingerprint density at radius 1 is 1.39 bits per heavy atom. The van der Waals surface area contributed by atoms with E-state index >= 15 is 0 Å². The van der Waals surface area contributed by atoms with Crippen LogP contribution in [0.5, 0.6) is 0 Å². The van der Waals surface area contributed by atoms with E-state index in [0.717, 1.165) is 6.07 Å².